The van der Waals surface area contributed by atoms with Crippen molar-refractivity contribution in [3.05, 3.63) is 40.9 Å². The molecule has 0 saturated carbocycles. The summed E-state index contributed by atoms with van der Waals surface area (Å²) in [6.45, 7) is 10.2. The van der Waals surface area contributed by atoms with Gasteiger partial charge < -0.3 is 13.9 Å². The lowest BCUT2D eigenvalue weighted by Gasteiger charge is -2.32. The summed E-state index contributed by atoms with van der Waals surface area (Å²) in [5.41, 5.74) is 1.38. The third-order valence-corrected chi connectivity index (χ3v) is 5.28. The van der Waals surface area contributed by atoms with Crippen molar-refractivity contribution in [3.63, 3.8) is 0 Å². The van der Waals surface area contributed by atoms with Crippen molar-refractivity contribution >= 4 is 28.5 Å². The zero-order valence-corrected chi connectivity index (χ0v) is 15.1. The Morgan fingerprint density at radius 2 is 1.77 bits per heavy atom. The molecule has 0 radical (unpaired) electrons. The zero-order chi connectivity index (χ0) is 16.1. The minimum Gasteiger partial charge on any atom is -0.399 e. The average molecular weight is 363 g/mol. The van der Waals surface area contributed by atoms with Crippen molar-refractivity contribution in [1.82, 2.24) is 9.55 Å². The monoisotopic (exact) mass is 362 g/mol. The highest BCUT2D eigenvalue weighted by Gasteiger charge is 2.52. The van der Waals surface area contributed by atoms with Gasteiger partial charge in [0.25, 0.3) is 0 Å². The summed E-state index contributed by atoms with van der Waals surface area (Å²) in [6.07, 6.45) is 3.75. The minimum atomic E-state index is -0.364. The van der Waals surface area contributed by atoms with Gasteiger partial charge in [0, 0.05) is 22.6 Å². The molecule has 0 atom stereocenters. The largest absolute Gasteiger partial charge is 0.495 e. The highest BCUT2D eigenvalue weighted by molar-refractivity contribution is 9.10. The summed E-state index contributed by atoms with van der Waals surface area (Å²) in [5, 5.41) is 0. The minimum absolute atomic E-state index is 0.337. The predicted octanol–water partition coefficient (Wildman–Crippen LogP) is 3.24. The lowest BCUT2D eigenvalue weighted by atomic mass is 9.79. The van der Waals surface area contributed by atoms with E-state index in [9.17, 15) is 0 Å². The number of aryl methyl sites for hydroxylation is 1. The molecule has 3 rings (SSSR count). The van der Waals surface area contributed by atoms with Crippen LogP contribution in [-0.4, -0.2) is 27.9 Å². The van der Waals surface area contributed by atoms with Crippen LogP contribution in [0.3, 0.4) is 0 Å². The van der Waals surface area contributed by atoms with E-state index in [4.69, 9.17) is 9.31 Å². The second kappa shape index (κ2) is 5.22. The lowest BCUT2D eigenvalue weighted by molar-refractivity contribution is 0.00578. The fourth-order valence-corrected chi connectivity index (χ4v) is 3.03. The van der Waals surface area contributed by atoms with E-state index in [1.54, 1.807) is 6.20 Å². The summed E-state index contributed by atoms with van der Waals surface area (Å²) < 4.78 is 15.2. The Morgan fingerprint density at radius 1 is 1.14 bits per heavy atom. The van der Waals surface area contributed by atoms with Crippen LogP contribution in [0.25, 0.3) is 5.69 Å². The van der Waals surface area contributed by atoms with Gasteiger partial charge in [-0.05, 0) is 52.2 Å². The van der Waals surface area contributed by atoms with Crippen molar-refractivity contribution in [2.24, 2.45) is 0 Å². The molecular weight excluding hydrogens is 343 g/mol. The fourth-order valence-electron chi connectivity index (χ4n) is 2.48. The van der Waals surface area contributed by atoms with Gasteiger partial charge in [0.1, 0.15) is 5.82 Å². The first-order valence-electron chi connectivity index (χ1n) is 7.37. The van der Waals surface area contributed by atoms with Gasteiger partial charge in [0.05, 0.1) is 11.2 Å². The summed E-state index contributed by atoms with van der Waals surface area (Å²) in [6, 6.07) is 6.16. The van der Waals surface area contributed by atoms with Crippen LogP contribution in [0.5, 0.6) is 0 Å². The summed E-state index contributed by atoms with van der Waals surface area (Å²) in [7, 11) is -0.364. The maximum Gasteiger partial charge on any atom is 0.495 e. The van der Waals surface area contributed by atoms with Gasteiger partial charge in [0.15, 0.2) is 0 Å². The number of hydrogen-bond donors (Lipinski definition) is 0. The normalized spacial score (nSPS) is 19.6. The SMILES string of the molecule is Cc1nccn1-c1ccc(B2OC(C)(C)C(C)(C)O2)c(Br)c1. The molecule has 6 heteroatoms. The molecule has 0 bridgehead atoms. The molecule has 4 nitrogen and oxygen atoms in total. The van der Waals surface area contributed by atoms with E-state index in [-0.39, 0.29) is 18.3 Å². The van der Waals surface area contributed by atoms with Crippen LogP contribution in [0, 0.1) is 6.92 Å². The maximum absolute atomic E-state index is 6.11. The Kier molecular flexibility index (Phi) is 3.74. The van der Waals surface area contributed by atoms with E-state index in [2.05, 4.69) is 60.7 Å². The summed E-state index contributed by atoms with van der Waals surface area (Å²) in [4.78, 5) is 4.26. The Balaban J connectivity index is 1.93. The van der Waals surface area contributed by atoms with Crippen LogP contribution in [0.4, 0.5) is 0 Å². The molecule has 0 aliphatic carbocycles. The molecule has 2 aromatic rings. The lowest BCUT2D eigenvalue weighted by Crippen LogP contribution is -2.41. The van der Waals surface area contributed by atoms with E-state index < -0.39 is 0 Å². The van der Waals surface area contributed by atoms with Crippen LogP contribution in [0.15, 0.2) is 35.1 Å². The number of imidazole rings is 1. The number of halogens is 1. The van der Waals surface area contributed by atoms with Gasteiger partial charge in [0.2, 0.25) is 0 Å². The van der Waals surface area contributed by atoms with Crippen molar-refractivity contribution in [3.8, 4) is 5.69 Å². The number of nitrogens with zero attached hydrogens (tertiary/aromatic N) is 2. The number of hydrogen-bond acceptors (Lipinski definition) is 3. The van der Waals surface area contributed by atoms with Crippen molar-refractivity contribution < 1.29 is 9.31 Å². The van der Waals surface area contributed by atoms with E-state index >= 15 is 0 Å². The molecule has 0 amide bonds. The van der Waals surface area contributed by atoms with Gasteiger partial charge in [-0.1, -0.05) is 22.0 Å². The third-order valence-electron chi connectivity index (χ3n) is 4.60. The molecule has 1 fully saturated rings. The molecular formula is C16H20BBrN2O2. The Hall–Kier alpha value is -1.11. The van der Waals surface area contributed by atoms with Crippen LogP contribution in [0.2, 0.25) is 0 Å². The summed E-state index contributed by atoms with van der Waals surface area (Å²) in [5.74, 6) is 0.954. The Bertz CT molecular complexity index is 696. The molecule has 1 saturated heterocycles. The van der Waals surface area contributed by atoms with Gasteiger partial charge in [-0.2, -0.15) is 0 Å². The molecule has 1 aliphatic rings. The molecule has 0 spiro atoms. The molecule has 1 aliphatic heterocycles. The summed E-state index contributed by atoms with van der Waals surface area (Å²) >= 11 is 3.65. The maximum atomic E-state index is 6.11. The predicted molar refractivity (Wildman–Crippen MR) is 91.7 cm³/mol. The van der Waals surface area contributed by atoms with Gasteiger partial charge in [-0.3, -0.25) is 0 Å². The van der Waals surface area contributed by atoms with Crippen molar-refractivity contribution in [2.75, 3.05) is 0 Å². The standard InChI is InChI=1S/C16H20BBrN2O2/c1-11-19-8-9-20(11)12-6-7-13(14(18)10-12)17-21-15(2,3)16(4,5)22-17/h6-10H,1-5H3. The van der Waals surface area contributed by atoms with Crippen LogP contribution < -0.4 is 5.46 Å². The molecule has 116 valence electrons. The Labute approximate surface area is 140 Å². The van der Waals surface area contributed by atoms with Crippen molar-refractivity contribution in [1.29, 1.82) is 0 Å². The zero-order valence-electron chi connectivity index (χ0n) is 13.6. The van der Waals surface area contributed by atoms with Crippen LogP contribution in [0.1, 0.15) is 33.5 Å². The topological polar surface area (TPSA) is 36.3 Å². The molecule has 22 heavy (non-hydrogen) atoms. The molecule has 1 aromatic heterocycles. The van der Waals surface area contributed by atoms with Gasteiger partial charge in [-0.15, -0.1) is 0 Å². The average Bonchev–Trinajstić information content (AvgIpc) is 2.91. The van der Waals surface area contributed by atoms with Crippen LogP contribution >= 0.6 is 15.9 Å². The molecule has 0 N–H and O–H groups in total. The quantitative estimate of drug-likeness (QED) is 0.769. The van der Waals surface area contributed by atoms with Gasteiger partial charge >= 0.3 is 7.12 Å². The van der Waals surface area contributed by atoms with Crippen molar-refractivity contribution in [2.45, 2.75) is 45.8 Å². The Morgan fingerprint density at radius 3 is 2.27 bits per heavy atom. The molecule has 0 unspecified atom stereocenters. The van der Waals surface area contributed by atoms with Gasteiger partial charge in [-0.25, -0.2) is 4.98 Å². The van der Waals surface area contributed by atoms with E-state index in [1.165, 1.54) is 0 Å². The van der Waals surface area contributed by atoms with E-state index in [1.807, 2.05) is 23.8 Å². The number of aromatic nitrogens is 2. The highest BCUT2D eigenvalue weighted by Crippen LogP contribution is 2.37. The first-order valence-corrected chi connectivity index (χ1v) is 8.16. The smallest absolute Gasteiger partial charge is 0.399 e. The first kappa shape index (κ1) is 15.8. The first-order chi connectivity index (χ1) is 10.2. The van der Waals surface area contributed by atoms with Crippen LogP contribution in [-0.2, 0) is 9.31 Å². The van der Waals surface area contributed by atoms with E-state index in [0.29, 0.717) is 0 Å². The second-order valence-corrected chi connectivity index (χ2v) is 7.49. The number of benzene rings is 1. The second-order valence-electron chi connectivity index (χ2n) is 6.64. The van der Waals surface area contributed by atoms with E-state index in [0.717, 1.165) is 21.4 Å². The molecule has 2 heterocycles. The molecule has 1 aromatic carbocycles. The number of rotatable bonds is 2. The highest BCUT2D eigenvalue weighted by atomic mass is 79.9. The fraction of sp³-hybridized carbons (Fsp3) is 0.438. The third kappa shape index (κ3) is 2.53.